The van der Waals surface area contributed by atoms with Crippen LogP contribution in [0.5, 0.6) is 0 Å². The zero-order valence-electron chi connectivity index (χ0n) is 23.5. The van der Waals surface area contributed by atoms with Crippen LogP contribution in [0.15, 0.2) is 44.9 Å². The van der Waals surface area contributed by atoms with E-state index in [1.165, 1.54) is 0 Å². The number of furan rings is 1. The van der Waals surface area contributed by atoms with Gasteiger partial charge in [-0.25, -0.2) is 4.79 Å². The molecule has 0 bridgehead atoms. The van der Waals surface area contributed by atoms with E-state index in [1.54, 1.807) is 18.7 Å². The first-order valence-electron chi connectivity index (χ1n) is 14.3. The third-order valence-electron chi connectivity index (χ3n) is 8.69. The molecule has 0 spiro atoms. The number of carbonyl (C=O) groups excluding carboxylic acids is 2. The molecule has 0 saturated heterocycles. The molecule has 6 heteroatoms. The molecule has 204 valence electrons. The van der Waals surface area contributed by atoms with Crippen molar-refractivity contribution < 1.29 is 18.7 Å². The Hall–Kier alpha value is -3.02. The Bertz CT molecular complexity index is 1180. The first kappa shape index (κ1) is 28.0. The quantitative estimate of drug-likeness (QED) is 0.212. The molecule has 1 aromatic heterocycles. The molecule has 0 N–H and O–H groups in total. The summed E-state index contributed by atoms with van der Waals surface area (Å²) in [5.41, 5.74) is 3.40. The van der Waals surface area contributed by atoms with Crippen LogP contribution in [0.4, 0.5) is 0 Å². The lowest BCUT2D eigenvalue weighted by Gasteiger charge is -2.28. The van der Waals surface area contributed by atoms with E-state index in [0.29, 0.717) is 37.0 Å². The lowest BCUT2D eigenvalue weighted by molar-refractivity contribution is 0.0524. The summed E-state index contributed by atoms with van der Waals surface area (Å²) in [5.74, 6) is 2.21. The fourth-order valence-electron chi connectivity index (χ4n) is 6.51. The molecule has 4 rings (SSSR count). The summed E-state index contributed by atoms with van der Waals surface area (Å²) in [7, 11) is 0. The number of ketones is 1. The second kappa shape index (κ2) is 12.7. The monoisotopic (exact) mass is 518 g/mol. The van der Waals surface area contributed by atoms with Crippen molar-refractivity contribution in [1.82, 2.24) is 0 Å². The Labute approximate surface area is 227 Å². The predicted octanol–water partition coefficient (Wildman–Crippen LogP) is 7.07. The fourth-order valence-corrected chi connectivity index (χ4v) is 6.51. The summed E-state index contributed by atoms with van der Waals surface area (Å²) in [6.45, 7) is 11.5. The van der Waals surface area contributed by atoms with E-state index in [2.05, 4.69) is 43.7 Å². The fraction of sp³-hybridized carbons (Fsp3) is 0.562. The Balaban J connectivity index is 1.53. The summed E-state index contributed by atoms with van der Waals surface area (Å²) in [4.78, 5) is 35.3. The molecule has 0 amide bonds. The van der Waals surface area contributed by atoms with E-state index >= 15 is 0 Å². The summed E-state index contributed by atoms with van der Waals surface area (Å²) in [6.07, 6.45) is 9.31. The number of rotatable bonds is 8. The number of esters is 1. The molecule has 0 radical (unpaired) electrons. The first-order chi connectivity index (χ1) is 18.3. The molecule has 1 aliphatic heterocycles. The first-order valence-corrected chi connectivity index (χ1v) is 14.3. The van der Waals surface area contributed by atoms with Crippen molar-refractivity contribution in [3.63, 3.8) is 0 Å². The number of carbonyl (C=O) groups is 2. The van der Waals surface area contributed by atoms with Crippen molar-refractivity contribution in [1.29, 1.82) is 0 Å². The standard InChI is InChI=1S/C32H42N2O4/c1-6-24-29(32(36)37-7-2)19-38-31(24)23-13-12-20(3)27(21(4)16-23)17-30(35)26-11-9-8-10-25(26)28-18-33-14-15-34-22(28)5/h8-11,14-15,19-23,27-28H,6-7,12-13,16-18H2,1-5H3. The second-order valence-corrected chi connectivity index (χ2v) is 11.1. The van der Waals surface area contributed by atoms with Gasteiger partial charge in [0.15, 0.2) is 5.78 Å². The number of ether oxygens (including phenoxy) is 1. The average molecular weight is 519 g/mol. The van der Waals surface area contributed by atoms with E-state index in [4.69, 9.17) is 9.15 Å². The predicted molar refractivity (Wildman–Crippen MR) is 152 cm³/mol. The number of nitrogens with zero attached hydrogens (tertiary/aromatic N) is 2. The van der Waals surface area contributed by atoms with Crippen molar-refractivity contribution in [2.45, 2.75) is 84.6 Å². The number of aliphatic imine (C=N–C) groups is 2. The molecule has 1 fully saturated rings. The van der Waals surface area contributed by atoms with Crippen molar-refractivity contribution in [2.75, 3.05) is 13.2 Å². The van der Waals surface area contributed by atoms with Crippen LogP contribution in [0, 0.1) is 17.8 Å². The van der Waals surface area contributed by atoms with Crippen LogP contribution in [-0.4, -0.2) is 43.4 Å². The van der Waals surface area contributed by atoms with Gasteiger partial charge in [-0.2, -0.15) is 0 Å². The van der Waals surface area contributed by atoms with E-state index < -0.39 is 0 Å². The maximum atomic E-state index is 13.8. The number of benzene rings is 1. The molecule has 1 aromatic carbocycles. The molecule has 6 nitrogen and oxygen atoms in total. The molecular weight excluding hydrogens is 476 g/mol. The Morgan fingerprint density at radius 2 is 1.82 bits per heavy atom. The smallest absolute Gasteiger partial charge is 0.341 e. The van der Waals surface area contributed by atoms with Gasteiger partial charge in [0.05, 0.1) is 12.6 Å². The molecule has 2 aliphatic rings. The molecule has 6 unspecified atom stereocenters. The largest absolute Gasteiger partial charge is 0.468 e. The van der Waals surface area contributed by atoms with Gasteiger partial charge < -0.3 is 9.15 Å². The highest BCUT2D eigenvalue weighted by Crippen LogP contribution is 2.44. The van der Waals surface area contributed by atoms with Gasteiger partial charge in [-0.1, -0.05) is 45.0 Å². The minimum atomic E-state index is -0.309. The molecular formula is C32H42N2O4. The molecule has 2 heterocycles. The summed E-state index contributed by atoms with van der Waals surface area (Å²) < 4.78 is 11.3. The highest BCUT2D eigenvalue weighted by atomic mass is 16.5. The van der Waals surface area contributed by atoms with E-state index in [9.17, 15) is 9.59 Å². The van der Waals surface area contributed by atoms with E-state index in [-0.39, 0.29) is 35.5 Å². The zero-order valence-corrected chi connectivity index (χ0v) is 23.5. The molecule has 38 heavy (non-hydrogen) atoms. The van der Waals surface area contributed by atoms with Crippen LogP contribution in [-0.2, 0) is 11.2 Å². The number of hydrogen-bond donors (Lipinski definition) is 0. The summed E-state index contributed by atoms with van der Waals surface area (Å²) in [6, 6.07) is 8.10. The van der Waals surface area contributed by atoms with Crippen LogP contribution in [0.25, 0.3) is 0 Å². The van der Waals surface area contributed by atoms with E-state index in [1.807, 2.05) is 25.1 Å². The van der Waals surface area contributed by atoms with Gasteiger partial charge in [-0.3, -0.25) is 14.8 Å². The Morgan fingerprint density at radius 1 is 1.03 bits per heavy atom. The summed E-state index contributed by atoms with van der Waals surface area (Å²) >= 11 is 0. The highest BCUT2D eigenvalue weighted by Gasteiger charge is 2.36. The van der Waals surface area contributed by atoms with Gasteiger partial charge in [-0.15, -0.1) is 0 Å². The van der Waals surface area contributed by atoms with Gasteiger partial charge in [0.25, 0.3) is 0 Å². The van der Waals surface area contributed by atoms with Crippen molar-refractivity contribution in [2.24, 2.45) is 27.7 Å². The lowest BCUT2D eigenvalue weighted by atomic mass is 9.76. The van der Waals surface area contributed by atoms with Gasteiger partial charge >= 0.3 is 5.97 Å². The molecule has 2 aromatic rings. The van der Waals surface area contributed by atoms with Crippen molar-refractivity contribution >= 4 is 24.2 Å². The SMILES string of the molecule is CCOC(=O)c1coc(C2CCC(C)C(CC(=O)c3ccccc3C3CN=CC=NC3C)C(C)C2)c1CC. The molecule has 1 aliphatic carbocycles. The van der Waals surface area contributed by atoms with Crippen LogP contribution in [0.2, 0.25) is 0 Å². The normalized spacial score (nSPS) is 27.5. The van der Waals surface area contributed by atoms with Crippen LogP contribution in [0.1, 0.15) is 110 Å². The van der Waals surface area contributed by atoms with Crippen LogP contribution < -0.4 is 0 Å². The third-order valence-corrected chi connectivity index (χ3v) is 8.69. The van der Waals surface area contributed by atoms with Gasteiger partial charge in [0.2, 0.25) is 0 Å². The zero-order chi connectivity index (χ0) is 27.2. The topological polar surface area (TPSA) is 81.2 Å². The Kier molecular flexibility index (Phi) is 9.35. The minimum absolute atomic E-state index is 0.0727. The number of Topliss-reactive ketones (excluding diaryl/α,β-unsaturated/α-hetero) is 1. The maximum absolute atomic E-state index is 13.8. The third kappa shape index (κ3) is 6.00. The summed E-state index contributed by atoms with van der Waals surface area (Å²) in [5, 5.41) is 0. The minimum Gasteiger partial charge on any atom is -0.468 e. The van der Waals surface area contributed by atoms with Gasteiger partial charge in [-0.05, 0) is 62.8 Å². The lowest BCUT2D eigenvalue weighted by Crippen LogP contribution is -2.24. The second-order valence-electron chi connectivity index (χ2n) is 11.1. The van der Waals surface area contributed by atoms with Crippen LogP contribution >= 0.6 is 0 Å². The highest BCUT2D eigenvalue weighted by molar-refractivity contribution is 6.16. The molecule has 1 saturated carbocycles. The van der Waals surface area contributed by atoms with Crippen molar-refractivity contribution in [3.8, 4) is 0 Å². The maximum Gasteiger partial charge on any atom is 0.341 e. The van der Waals surface area contributed by atoms with Gasteiger partial charge in [0, 0.05) is 48.4 Å². The number of hydrogen-bond acceptors (Lipinski definition) is 6. The van der Waals surface area contributed by atoms with E-state index in [0.717, 1.165) is 48.1 Å². The van der Waals surface area contributed by atoms with Crippen LogP contribution in [0.3, 0.4) is 0 Å². The molecule has 6 atom stereocenters. The Morgan fingerprint density at radius 3 is 2.58 bits per heavy atom. The van der Waals surface area contributed by atoms with Crippen molar-refractivity contribution in [3.05, 3.63) is 58.5 Å². The average Bonchev–Trinajstić information content (AvgIpc) is 3.16. The van der Waals surface area contributed by atoms with Gasteiger partial charge in [0.1, 0.15) is 17.6 Å².